The van der Waals surface area contributed by atoms with Gasteiger partial charge in [-0.1, -0.05) is 12.2 Å². The first kappa shape index (κ1) is 12.9. The number of thiocarbonyl (C=S) groups is 1. The molecule has 0 amide bonds. The van der Waals surface area contributed by atoms with Gasteiger partial charge >= 0.3 is 0 Å². The van der Waals surface area contributed by atoms with Gasteiger partial charge in [-0.05, 0) is 61.7 Å². The fraction of sp³-hybridized carbons (Fsp3) is 0.933. The van der Waals surface area contributed by atoms with Crippen molar-refractivity contribution >= 4 is 29.2 Å². The second-order valence-corrected chi connectivity index (χ2v) is 8.37. The monoisotopic (exact) mass is 296 g/mol. The molecule has 0 spiro atoms. The van der Waals surface area contributed by atoms with E-state index in [0.29, 0.717) is 6.04 Å². The lowest BCUT2D eigenvalue weighted by Gasteiger charge is -2.58. The van der Waals surface area contributed by atoms with Crippen molar-refractivity contribution in [1.29, 1.82) is 0 Å². The first-order valence-electron chi connectivity index (χ1n) is 7.92. The molecule has 0 aromatic heterocycles. The highest BCUT2D eigenvalue weighted by atomic mass is 32.1. The van der Waals surface area contributed by atoms with Gasteiger partial charge in [0.2, 0.25) is 0 Å². The molecule has 4 aliphatic carbocycles. The summed E-state index contributed by atoms with van der Waals surface area (Å²) >= 11 is 9.87. The van der Waals surface area contributed by atoms with Crippen molar-refractivity contribution in [2.24, 2.45) is 29.6 Å². The topological polar surface area (TPSA) is 15.3 Å². The van der Waals surface area contributed by atoms with Crippen LogP contribution in [0.3, 0.4) is 0 Å². The molecular formula is C15H24N2S2. The molecular weight excluding hydrogens is 272 g/mol. The maximum atomic E-state index is 5.39. The van der Waals surface area contributed by atoms with Gasteiger partial charge in [0.25, 0.3) is 0 Å². The maximum absolute atomic E-state index is 5.39. The first-order valence-corrected chi connectivity index (χ1v) is 8.78. The summed E-state index contributed by atoms with van der Waals surface area (Å²) in [5.74, 6) is 4.96. The average Bonchev–Trinajstić information content (AvgIpc) is 2.37. The molecule has 4 heteroatoms. The molecule has 5 rings (SSSR count). The number of nitrogens with zero attached hydrogens (tertiary/aromatic N) is 1. The number of piperazine rings is 1. The Hall–Kier alpha value is 0.200. The summed E-state index contributed by atoms with van der Waals surface area (Å²) in [5.41, 5.74) is 0. The molecule has 2 nitrogen and oxygen atoms in total. The average molecular weight is 297 g/mol. The van der Waals surface area contributed by atoms with Crippen molar-refractivity contribution in [2.75, 3.05) is 19.6 Å². The minimum atomic E-state index is 0.619. The molecule has 1 heterocycles. The predicted molar refractivity (Wildman–Crippen MR) is 85.5 cm³/mol. The lowest BCUT2D eigenvalue weighted by Crippen LogP contribution is -2.61. The fourth-order valence-electron chi connectivity index (χ4n) is 5.90. The van der Waals surface area contributed by atoms with Crippen LogP contribution in [0.15, 0.2) is 0 Å². The third-order valence-electron chi connectivity index (χ3n) is 6.27. The summed E-state index contributed by atoms with van der Waals surface area (Å²) < 4.78 is 0.820. The third-order valence-corrected chi connectivity index (χ3v) is 6.76. The molecule has 19 heavy (non-hydrogen) atoms. The van der Waals surface area contributed by atoms with Gasteiger partial charge in [0.15, 0.2) is 0 Å². The second-order valence-electron chi connectivity index (χ2n) is 7.26. The summed E-state index contributed by atoms with van der Waals surface area (Å²) in [6, 6.07) is 0.619. The number of rotatable bonds is 1. The molecule has 106 valence electrons. The van der Waals surface area contributed by atoms with E-state index in [-0.39, 0.29) is 0 Å². The normalized spacial score (nSPS) is 48.6. The molecule has 5 fully saturated rings. The fourth-order valence-corrected chi connectivity index (χ4v) is 6.38. The molecule has 1 unspecified atom stereocenters. The van der Waals surface area contributed by atoms with Gasteiger partial charge in [-0.2, -0.15) is 0 Å². The Balaban J connectivity index is 1.59. The Morgan fingerprint density at radius 1 is 1.05 bits per heavy atom. The minimum Gasteiger partial charge on any atom is -0.352 e. The van der Waals surface area contributed by atoms with Crippen molar-refractivity contribution in [3.8, 4) is 0 Å². The van der Waals surface area contributed by atoms with E-state index in [1.165, 1.54) is 32.1 Å². The number of hydrogen-bond donors (Lipinski definition) is 2. The van der Waals surface area contributed by atoms with E-state index < -0.39 is 0 Å². The highest BCUT2D eigenvalue weighted by molar-refractivity contribution is 8.10. The van der Waals surface area contributed by atoms with Crippen molar-refractivity contribution in [3.63, 3.8) is 0 Å². The van der Waals surface area contributed by atoms with E-state index in [1.54, 1.807) is 0 Å². The molecule has 4 bridgehead atoms. The van der Waals surface area contributed by atoms with Crippen LogP contribution >= 0.6 is 24.8 Å². The molecule has 1 N–H and O–H groups in total. The number of nitrogens with one attached hydrogen (secondary N) is 1. The molecule has 0 aromatic rings. The van der Waals surface area contributed by atoms with Crippen LogP contribution in [0, 0.1) is 29.6 Å². The Kier molecular flexibility index (Phi) is 3.32. The first-order chi connectivity index (χ1) is 9.22. The van der Waals surface area contributed by atoms with E-state index in [1.807, 2.05) is 0 Å². The zero-order chi connectivity index (χ0) is 13.0. The van der Waals surface area contributed by atoms with Gasteiger partial charge in [0, 0.05) is 25.7 Å². The van der Waals surface area contributed by atoms with Crippen LogP contribution in [0.25, 0.3) is 0 Å². The predicted octanol–water partition coefficient (Wildman–Crippen LogP) is 2.55. The van der Waals surface area contributed by atoms with Gasteiger partial charge in [0.1, 0.15) is 4.32 Å². The number of thiol groups is 1. The smallest absolute Gasteiger partial charge is 0.133 e. The lowest BCUT2D eigenvalue weighted by molar-refractivity contribution is -0.0666. The minimum absolute atomic E-state index is 0.619. The van der Waals surface area contributed by atoms with Crippen LogP contribution < -0.4 is 5.32 Å². The van der Waals surface area contributed by atoms with Crippen molar-refractivity contribution in [2.45, 2.75) is 38.1 Å². The van der Waals surface area contributed by atoms with Gasteiger partial charge in [-0.25, -0.2) is 0 Å². The van der Waals surface area contributed by atoms with Crippen LogP contribution in [-0.4, -0.2) is 34.9 Å². The van der Waals surface area contributed by atoms with E-state index >= 15 is 0 Å². The number of hydrogen-bond acceptors (Lipinski definition) is 2. The Morgan fingerprint density at radius 2 is 1.68 bits per heavy atom. The standard InChI is InChI=1S/C15H24N2S2/c18-15(19)17-2-1-16-8-13(17)14-11-4-9-3-10(6-11)7-12(14)5-9/h9-14,16H,1-8H2,(H,18,19). The molecule has 5 aliphatic rings. The Bertz CT molecular complexity index is 356. The third kappa shape index (κ3) is 2.14. The van der Waals surface area contributed by atoms with Crippen LogP contribution in [0.4, 0.5) is 0 Å². The molecule has 0 aromatic carbocycles. The van der Waals surface area contributed by atoms with Crippen molar-refractivity contribution < 1.29 is 0 Å². The van der Waals surface area contributed by atoms with E-state index in [2.05, 4.69) is 22.8 Å². The van der Waals surface area contributed by atoms with E-state index in [4.69, 9.17) is 12.2 Å². The highest BCUT2D eigenvalue weighted by Crippen LogP contribution is 2.57. The van der Waals surface area contributed by atoms with Crippen LogP contribution in [0.2, 0.25) is 0 Å². The van der Waals surface area contributed by atoms with Crippen LogP contribution in [0.1, 0.15) is 32.1 Å². The van der Waals surface area contributed by atoms with Gasteiger partial charge in [-0.15, -0.1) is 12.6 Å². The van der Waals surface area contributed by atoms with Crippen LogP contribution in [0.5, 0.6) is 0 Å². The lowest BCUT2D eigenvalue weighted by atomic mass is 9.50. The van der Waals surface area contributed by atoms with Gasteiger partial charge in [-0.3, -0.25) is 0 Å². The molecule has 1 saturated heterocycles. The summed E-state index contributed by atoms with van der Waals surface area (Å²) in [5, 5.41) is 3.59. The Morgan fingerprint density at radius 3 is 2.26 bits per heavy atom. The quantitative estimate of drug-likeness (QED) is 0.571. The molecule has 1 atom stereocenters. The molecule has 0 radical (unpaired) electrons. The van der Waals surface area contributed by atoms with Gasteiger partial charge < -0.3 is 10.2 Å². The zero-order valence-corrected chi connectivity index (χ0v) is 13.1. The van der Waals surface area contributed by atoms with Crippen LogP contribution in [-0.2, 0) is 0 Å². The summed E-state index contributed by atoms with van der Waals surface area (Å²) in [7, 11) is 0. The largest absolute Gasteiger partial charge is 0.352 e. The van der Waals surface area contributed by atoms with Gasteiger partial charge in [0.05, 0.1) is 0 Å². The van der Waals surface area contributed by atoms with E-state index in [0.717, 1.165) is 53.5 Å². The molecule has 4 saturated carbocycles. The maximum Gasteiger partial charge on any atom is 0.133 e. The Labute approximate surface area is 127 Å². The zero-order valence-electron chi connectivity index (χ0n) is 11.4. The summed E-state index contributed by atoms with van der Waals surface area (Å²) in [4.78, 5) is 2.42. The SMILES string of the molecule is S=C(S)N1CCNCC1C1C2CC3CC(C2)CC1C3. The van der Waals surface area contributed by atoms with Crippen molar-refractivity contribution in [1.82, 2.24) is 10.2 Å². The van der Waals surface area contributed by atoms with E-state index in [9.17, 15) is 0 Å². The molecule has 1 aliphatic heterocycles. The summed E-state index contributed by atoms with van der Waals surface area (Å²) in [6.07, 6.45) is 7.54. The second kappa shape index (κ2) is 4.88. The summed E-state index contributed by atoms with van der Waals surface area (Å²) in [6.45, 7) is 3.23. The highest BCUT2D eigenvalue weighted by Gasteiger charge is 2.51. The van der Waals surface area contributed by atoms with Crippen molar-refractivity contribution in [3.05, 3.63) is 0 Å².